The molecule has 6 heteroatoms. The summed E-state index contributed by atoms with van der Waals surface area (Å²) < 4.78 is 5.88. The Morgan fingerprint density at radius 2 is 0.893 bits per heavy atom. The molecule has 0 aliphatic rings. The molecule has 56 heavy (non-hydrogen) atoms. The Morgan fingerprint density at radius 3 is 1.34 bits per heavy atom. The van der Waals surface area contributed by atoms with Crippen LogP contribution in [0.3, 0.4) is 0 Å². The van der Waals surface area contributed by atoms with Crippen molar-refractivity contribution in [2.45, 2.75) is 289 Å². The minimum atomic E-state index is -0.784. The van der Waals surface area contributed by atoms with Crippen molar-refractivity contribution in [2.24, 2.45) is 0 Å². The first-order valence-electron chi connectivity index (χ1n) is 24.9. The van der Waals surface area contributed by atoms with E-state index in [2.05, 4.69) is 38.2 Å². The summed E-state index contributed by atoms with van der Waals surface area (Å²) in [4.78, 5) is 25.9. The lowest BCUT2D eigenvalue weighted by Gasteiger charge is -2.24. The Labute approximate surface area is 349 Å². The fraction of sp³-hybridized carbons (Fsp3) is 0.920. The van der Waals surface area contributed by atoms with Crippen LogP contribution < -0.4 is 5.32 Å². The van der Waals surface area contributed by atoms with E-state index in [1.54, 1.807) is 0 Å². The van der Waals surface area contributed by atoms with Crippen molar-refractivity contribution in [3.63, 3.8) is 0 Å². The van der Waals surface area contributed by atoms with Gasteiger partial charge in [-0.25, -0.2) is 0 Å². The Hall–Kier alpha value is -1.40. The number of carbonyl (C=O) groups excluding carboxylic acids is 2. The summed E-state index contributed by atoms with van der Waals surface area (Å²) >= 11 is 0. The summed E-state index contributed by atoms with van der Waals surface area (Å²) in [5.41, 5.74) is 0. The summed E-state index contributed by atoms with van der Waals surface area (Å²) in [6.45, 7) is 6.42. The number of rotatable bonds is 45. The van der Waals surface area contributed by atoms with E-state index >= 15 is 0 Å². The molecule has 0 spiro atoms. The predicted molar refractivity (Wildman–Crippen MR) is 241 cm³/mol. The first-order chi connectivity index (χ1) is 27.5. The largest absolute Gasteiger partial charge is 0.462 e. The van der Waals surface area contributed by atoms with Gasteiger partial charge in [-0.15, -0.1) is 0 Å². The average molecular weight is 792 g/mol. The van der Waals surface area contributed by atoms with Gasteiger partial charge in [0.15, 0.2) is 0 Å². The first kappa shape index (κ1) is 54.6. The molecule has 3 atom stereocenters. The van der Waals surface area contributed by atoms with E-state index in [1.807, 2.05) is 0 Å². The van der Waals surface area contributed by atoms with Crippen molar-refractivity contribution in [1.29, 1.82) is 0 Å². The molecule has 0 aromatic carbocycles. The fourth-order valence-electron chi connectivity index (χ4n) is 7.79. The molecule has 0 fully saturated rings. The Balaban J connectivity index is 4.36. The number of aliphatic hydroxyl groups is 2. The van der Waals surface area contributed by atoms with E-state index in [0.29, 0.717) is 19.3 Å². The average Bonchev–Trinajstić information content (AvgIpc) is 3.19. The molecule has 0 aliphatic heterocycles. The van der Waals surface area contributed by atoms with E-state index < -0.39 is 18.2 Å². The standard InChI is InChI=1S/C50H97NO5/c1-4-7-10-13-16-19-21-23-24-25-26-27-28-30-33-36-39-42-48(53)47(45-52)51-49(54)44-46(41-38-35-32-18-15-12-9-6-3)56-50(55)43-40-37-34-31-29-22-20-17-14-11-8-5-2/h12,15,46-48,52-53H,4-11,13-14,16-45H2,1-3H3,(H,51,54)/b15-12-. The number of esters is 1. The van der Waals surface area contributed by atoms with E-state index in [0.717, 1.165) is 64.2 Å². The summed E-state index contributed by atoms with van der Waals surface area (Å²) in [7, 11) is 0. The third-order valence-corrected chi connectivity index (χ3v) is 11.6. The number of aliphatic hydroxyl groups excluding tert-OH is 2. The molecule has 0 aromatic heterocycles. The monoisotopic (exact) mass is 792 g/mol. The smallest absolute Gasteiger partial charge is 0.306 e. The van der Waals surface area contributed by atoms with Gasteiger partial charge in [0.05, 0.1) is 25.2 Å². The number of unbranched alkanes of at least 4 members (excludes halogenated alkanes) is 31. The third kappa shape index (κ3) is 39.4. The highest BCUT2D eigenvalue weighted by molar-refractivity contribution is 5.77. The van der Waals surface area contributed by atoms with Gasteiger partial charge in [0, 0.05) is 6.42 Å². The lowest BCUT2D eigenvalue weighted by atomic mass is 10.0. The van der Waals surface area contributed by atoms with E-state index in [-0.39, 0.29) is 24.9 Å². The minimum absolute atomic E-state index is 0.0724. The first-order valence-corrected chi connectivity index (χ1v) is 24.9. The SMILES string of the molecule is CCC/C=C\CCCCCC(CC(=O)NC(CO)C(O)CCCCCCCCCCCCCCCCCCC)OC(=O)CCCCCCCCCCCCCC. The normalized spacial score (nSPS) is 13.3. The lowest BCUT2D eigenvalue weighted by Crippen LogP contribution is -2.46. The molecule has 332 valence electrons. The third-order valence-electron chi connectivity index (χ3n) is 11.6. The highest BCUT2D eigenvalue weighted by Crippen LogP contribution is 2.18. The van der Waals surface area contributed by atoms with E-state index in [9.17, 15) is 19.8 Å². The quantitative estimate of drug-likeness (QED) is 0.0324. The molecular weight excluding hydrogens is 695 g/mol. The molecule has 0 rings (SSSR count). The van der Waals surface area contributed by atoms with Crippen molar-refractivity contribution < 1.29 is 24.5 Å². The van der Waals surface area contributed by atoms with Crippen LogP contribution in [0.15, 0.2) is 12.2 Å². The Kier molecular flexibility index (Phi) is 43.6. The van der Waals surface area contributed by atoms with Crippen LogP contribution in [0.2, 0.25) is 0 Å². The van der Waals surface area contributed by atoms with Gasteiger partial charge >= 0.3 is 5.97 Å². The van der Waals surface area contributed by atoms with Crippen LogP contribution in [0.4, 0.5) is 0 Å². The van der Waals surface area contributed by atoms with Gasteiger partial charge in [-0.3, -0.25) is 9.59 Å². The van der Waals surface area contributed by atoms with Crippen LogP contribution >= 0.6 is 0 Å². The molecule has 0 heterocycles. The van der Waals surface area contributed by atoms with Gasteiger partial charge in [0.25, 0.3) is 0 Å². The number of nitrogens with one attached hydrogen (secondary N) is 1. The maximum atomic E-state index is 13.1. The van der Waals surface area contributed by atoms with Crippen molar-refractivity contribution >= 4 is 11.9 Å². The summed E-state index contributed by atoms with van der Waals surface area (Å²) in [5, 5.41) is 23.7. The van der Waals surface area contributed by atoms with Crippen molar-refractivity contribution in [2.75, 3.05) is 6.61 Å². The zero-order chi connectivity index (χ0) is 41.0. The number of ether oxygens (including phenoxy) is 1. The zero-order valence-electron chi connectivity index (χ0n) is 37.8. The second kappa shape index (κ2) is 44.7. The second-order valence-electron chi connectivity index (χ2n) is 17.2. The van der Waals surface area contributed by atoms with E-state index in [4.69, 9.17) is 4.74 Å². The molecule has 1 amide bonds. The molecule has 0 saturated carbocycles. The minimum Gasteiger partial charge on any atom is -0.462 e. The highest BCUT2D eigenvalue weighted by Gasteiger charge is 2.24. The zero-order valence-corrected chi connectivity index (χ0v) is 37.8. The van der Waals surface area contributed by atoms with Gasteiger partial charge in [-0.2, -0.15) is 0 Å². The molecule has 0 radical (unpaired) electrons. The molecule has 3 unspecified atom stereocenters. The molecule has 0 bridgehead atoms. The summed E-state index contributed by atoms with van der Waals surface area (Å²) in [6.07, 6.45) is 48.6. The van der Waals surface area contributed by atoms with Crippen molar-refractivity contribution in [3.05, 3.63) is 12.2 Å². The van der Waals surface area contributed by atoms with Gasteiger partial charge in [-0.1, -0.05) is 226 Å². The van der Waals surface area contributed by atoms with Crippen molar-refractivity contribution in [1.82, 2.24) is 5.32 Å². The van der Waals surface area contributed by atoms with Crippen LogP contribution in [0.1, 0.15) is 271 Å². The lowest BCUT2D eigenvalue weighted by molar-refractivity contribution is -0.151. The topological polar surface area (TPSA) is 95.9 Å². The summed E-state index contributed by atoms with van der Waals surface area (Å²) in [6, 6.07) is -0.698. The number of hydrogen-bond donors (Lipinski definition) is 3. The maximum Gasteiger partial charge on any atom is 0.306 e. The number of carbonyl (C=O) groups is 2. The Bertz CT molecular complexity index is 847. The number of hydrogen-bond acceptors (Lipinski definition) is 5. The van der Waals surface area contributed by atoms with Crippen LogP contribution in [0.25, 0.3) is 0 Å². The van der Waals surface area contributed by atoms with Crippen LogP contribution in [-0.4, -0.2) is 46.9 Å². The van der Waals surface area contributed by atoms with Crippen LogP contribution in [0, 0.1) is 0 Å². The highest BCUT2D eigenvalue weighted by atomic mass is 16.5. The van der Waals surface area contributed by atoms with Crippen LogP contribution in [0.5, 0.6) is 0 Å². The fourth-order valence-corrected chi connectivity index (χ4v) is 7.79. The Morgan fingerprint density at radius 1 is 0.500 bits per heavy atom. The van der Waals surface area contributed by atoms with Gasteiger partial charge in [-0.05, 0) is 44.9 Å². The maximum absolute atomic E-state index is 13.1. The number of amides is 1. The molecule has 0 aliphatic carbocycles. The molecule has 0 aromatic rings. The van der Waals surface area contributed by atoms with Crippen molar-refractivity contribution in [3.8, 4) is 0 Å². The van der Waals surface area contributed by atoms with Gasteiger partial charge < -0.3 is 20.3 Å². The molecule has 6 nitrogen and oxygen atoms in total. The van der Waals surface area contributed by atoms with Crippen LogP contribution in [-0.2, 0) is 14.3 Å². The summed E-state index contributed by atoms with van der Waals surface area (Å²) in [5.74, 6) is -0.480. The molecule has 0 saturated heterocycles. The van der Waals surface area contributed by atoms with Gasteiger partial charge in [0.2, 0.25) is 5.91 Å². The molecule has 3 N–H and O–H groups in total. The predicted octanol–water partition coefficient (Wildman–Crippen LogP) is 14.6. The molecular formula is C50H97NO5. The second-order valence-corrected chi connectivity index (χ2v) is 17.2. The number of allylic oxidation sites excluding steroid dienone is 2. The van der Waals surface area contributed by atoms with E-state index in [1.165, 1.54) is 161 Å². The van der Waals surface area contributed by atoms with Gasteiger partial charge in [0.1, 0.15) is 6.10 Å².